The topological polar surface area (TPSA) is 67.8 Å². The largest absolute Gasteiger partial charge is 0.347 e. The number of aryl methyl sites for hydroxylation is 1. The summed E-state index contributed by atoms with van der Waals surface area (Å²) in [5, 5.41) is 3.63. The van der Waals surface area contributed by atoms with Crippen LogP contribution in [0.25, 0.3) is 10.7 Å². The van der Waals surface area contributed by atoms with Crippen molar-refractivity contribution in [2.75, 3.05) is 0 Å². The molecular formula is C16H15BN4OS. The minimum absolute atomic E-state index is 0.116. The number of hydrogen-bond acceptors (Lipinski definition) is 5. The van der Waals surface area contributed by atoms with E-state index in [-0.39, 0.29) is 5.91 Å². The van der Waals surface area contributed by atoms with E-state index < -0.39 is 0 Å². The monoisotopic (exact) mass is 322 g/mol. The van der Waals surface area contributed by atoms with Crippen molar-refractivity contribution < 1.29 is 4.79 Å². The molecule has 3 aromatic rings. The molecule has 2 aromatic heterocycles. The maximum absolute atomic E-state index is 12.4. The van der Waals surface area contributed by atoms with Crippen molar-refractivity contribution in [3.8, 4) is 10.7 Å². The molecule has 114 valence electrons. The number of rotatable bonds is 4. The number of hydrogen-bond donors (Lipinski definition) is 1. The molecule has 7 heteroatoms. The van der Waals surface area contributed by atoms with E-state index in [1.165, 1.54) is 11.3 Å². The quantitative estimate of drug-likeness (QED) is 0.731. The van der Waals surface area contributed by atoms with Crippen molar-refractivity contribution >= 4 is 30.7 Å². The van der Waals surface area contributed by atoms with Gasteiger partial charge in [-0.05, 0) is 12.5 Å². The van der Waals surface area contributed by atoms with Crippen molar-refractivity contribution in [1.82, 2.24) is 20.3 Å². The lowest BCUT2D eigenvalue weighted by Gasteiger charge is -2.03. The average Bonchev–Trinajstić information content (AvgIpc) is 2.96. The van der Waals surface area contributed by atoms with Crippen LogP contribution < -0.4 is 10.9 Å². The molecule has 0 aliphatic heterocycles. The van der Waals surface area contributed by atoms with E-state index in [1.54, 1.807) is 12.4 Å². The number of nitrogens with one attached hydrogen (secondary N) is 1. The van der Waals surface area contributed by atoms with Crippen molar-refractivity contribution in [3.05, 3.63) is 58.9 Å². The molecule has 0 fully saturated rings. The molecule has 0 saturated heterocycles. The lowest BCUT2D eigenvalue weighted by molar-refractivity contribution is 0.0954. The zero-order valence-corrected chi connectivity index (χ0v) is 13.7. The highest BCUT2D eigenvalue weighted by molar-refractivity contribution is 7.17. The van der Waals surface area contributed by atoms with E-state index in [1.807, 2.05) is 45.1 Å². The third-order valence-electron chi connectivity index (χ3n) is 3.30. The molecule has 0 atom stereocenters. The van der Waals surface area contributed by atoms with E-state index >= 15 is 0 Å². The van der Waals surface area contributed by atoms with Gasteiger partial charge in [0.1, 0.15) is 15.6 Å². The summed E-state index contributed by atoms with van der Waals surface area (Å²) in [6.45, 7) is 2.33. The highest BCUT2D eigenvalue weighted by atomic mass is 32.1. The van der Waals surface area contributed by atoms with E-state index in [9.17, 15) is 4.79 Å². The first kappa shape index (κ1) is 15.4. The summed E-state index contributed by atoms with van der Waals surface area (Å²) in [6, 6.07) is 9.81. The van der Waals surface area contributed by atoms with Crippen LogP contribution in [-0.4, -0.2) is 28.7 Å². The number of amides is 1. The van der Waals surface area contributed by atoms with E-state index in [0.717, 1.165) is 11.2 Å². The Balaban J connectivity index is 1.75. The lowest BCUT2D eigenvalue weighted by Crippen LogP contribution is -2.22. The molecule has 0 unspecified atom stereocenters. The van der Waals surface area contributed by atoms with Crippen LogP contribution in [0.3, 0.4) is 0 Å². The summed E-state index contributed by atoms with van der Waals surface area (Å²) in [4.78, 5) is 25.9. The van der Waals surface area contributed by atoms with Gasteiger partial charge in [0, 0.05) is 18.3 Å². The summed E-state index contributed by atoms with van der Waals surface area (Å²) < 4.78 is 0. The van der Waals surface area contributed by atoms with E-state index in [0.29, 0.717) is 27.8 Å². The van der Waals surface area contributed by atoms with Gasteiger partial charge in [-0.3, -0.25) is 14.8 Å². The third kappa shape index (κ3) is 3.63. The zero-order valence-electron chi connectivity index (χ0n) is 12.9. The molecule has 1 amide bonds. The molecule has 0 saturated carbocycles. The molecule has 3 rings (SSSR count). The highest BCUT2D eigenvalue weighted by Crippen LogP contribution is 2.25. The minimum atomic E-state index is -0.116. The fourth-order valence-electron chi connectivity index (χ4n) is 2.08. The molecule has 0 aliphatic carbocycles. The summed E-state index contributed by atoms with van der Waals surface area (Å²) in [6.07, 6.45) is 3.38. The van der Waals surface area contributed by atoms with Gasteiger partial charge in [-0.1, -0.05) is 30.3 Å². The Morgan fingerprint density at radius 3 is 2.70 bits per heavy atom. The second-order valence-electron chi connectivity index (χ2n) is 5.14. The normalized spacial score (nSPS) is 10.5. The van der Waals surface area contributed by atoms with Crippen LogP contribution >= 0.6 is 11.3 Å². The van der Waals surface area contributed by atoms with Crippen LogP contribution in [0.15, 0.2) is 42.7 Å². The van der Waals surface area contributed by atoms with Crippen LogP contribution in [0, 0.1) is 6.92 Å². The van der Waals surface area contributed by atoms with E-state index in [2.05, 4.69) is 20.3 Å². The molecule has 5 nitrogen and oxygen atoms in total. The van der Waals surface area contributed by atoms with Crippen LogP contribution in [0.1, 0.15) is 20.9 Å². The van der Waals surface area contributed by atoms with Crippen molar-refractivity contribution in [2.45, 2.75) is 13.5 Å². The molecule has 1 aromatic carbocycles. The van der Waals surface area contributed by atoms with Crippen molar-refractivity contribution in [1.29, 1.82) is 0 Å². The predicted molar refractivity (Wildman–Crippen MR) is 93.7 cm³/mol. The Morgan fingerprint density at radius 1 is 1.22 bits per heavy atom. The van der Waals surface area contributed by atoms with Gasteiger partial charge in [-0.15, -0.1) is 11.3 Å². The van der Waals surface area contributed by atoms with Crippen molar-refractivity contribution in [3.63, 3.8) is 0 Å². The van der Waals surface area contributed by atoms with Crippen LogP contribution in [0.5, 0.6) is 0 Å². The van der Waals surface area contributed by atoms with Crippen LogP contribution in [0.2, 0.25) is 0 Å². The maximum atomic E-state index is 12.4. The summed E-state index contributed by atoms with van der Waals surface area (Å²) in [5.41, 5.74) is 3.30. The first-order chi connectivity index (χ1) is 11.1. The SMILES string of the molecule is Bc1cnc(-c2nc(C)c(C(=O)NCc3ccccc3)s2)cn1. The molecule has 0 bridgehead atoms. The van der Waals surface area contributed by atoms with Gasteiger partial charge in [-0.2, -0.15) is 0 Å². The van der Waals surface area contributed by atoms with Gasteiger partial charge >= 0.3 is 0 Å². The van der Waals surface area contributed by atoms with Gasteiger partial charge in [-0.25, -0.2) is 4.98 Å². The average molecular weight is 322 g/mol. The van der Waals surface area contributed by atoms with Gasteiger partial charge in [0.2, 0.25) is 0 Å². The fourth-order valence-corrected chi connectivity index (χ4v) is 3.02. The molecule has 0 radical (unpaired) electrons. The summed E-state index contributed by atoms with van der Waals surface area (Å²) >= 11 is 1.34. The number of benzene rings is 1. The first-order valence-corrected chi connectivity index (χ1v) is 8.03. The molecule has 1 N–H and O–H groups in total. The first-order valence-electron chi connectivity index (χ1n) is 7.22. The Morgan fingerprint density at radius 2 is 2.00 bits per heavy atom. The minimum Gasteiger partial charge on any atom is -0.347 e. The maximum Gasteiger partial charge on any atom is 0.263 e. The third-order valence-corrected chi connectivity index (χ3v) is 4.48. The molecule has 23 heavy (non-hydrogen) atoms. The second-order valence-corrected chi connectivity index (χ2v) is 6.14. The number of thiazole rings is 1. The van der Waals surface area contributed by atoms with E-state index in [4.69, 9.17) is 0 Å². The molecular weight excluding hydrogens is 307 g/mol. The van der Waals surface area contributed by atoms with Gasteiger partial charge in [0.25, 0.3) is 5.91 Å². The molecule has 2 heterocycles. The highest BCUT2D eigenvalue weighted by Gasteiger charge is 2.16. The Hall–Kier alpha value is -2.54. The number of nitrogens with zero attached hydrogens (tertiary/aromatic N) is 3. The van der Waals surface area contributed by atoms with Crippen molar-refractivity contribution in [2.24, 2.45) is 0 Å². The number of aromatic nitrogens is 3. The van der Waals surface area contributed by atoms with Gasteiger partial charge in [0.15, 0.2) is 7.85 Å². The lowest BCUT2D eigenvalue weighted by atomic mass is 10.1. The summed E-state index contributed by atoms with van der Waals surface area (Å²) in [5.74, 6) is -0.116. The van der Waals surface area contributed by atoms with Crippen LogP contribution in [0.4, 0.5) is 0 Å². The van der Waals surface area contributed by atoms with Gasteiger partial charge < -0.3 is 5.32 Å². The van der Waals surface area contributed by atoms with Gasteiger partial charge in [0.05, 0.1) is 11.9 Å². The summed E-state index contributed by atoms with van der Waals surface area (Å²) in [7, 11) is 1.88. The molecule has 0 spiro atoms. The standard InChI is InChI=1S/C16H15BN4OS/c1-10-14(15(22)20-7-11-5-3-2-4-6-11)23-16(21-10)12-8-19-13(17)9-18-12/h2-6,8-9H,7,17H2,1H3,(H,20,22). The Bertz CT molecular complexity index is 818. The smallest absolute Gasteiger partial charge is 0.263 e. The Kier molecular flexibility index (Phi) is 4.48. The zero-order chi connectivity index (χ0) is 16.2. The fraction of sp³-hybridized carbons (Fsp3) is 0.125. The Labute approximate surface area is 139 Å². The molecule has 0 aliphatic rings. The number of carbonyl (C=O) groups is 1. The predicted octanol–water partition coefficient (Wildman–Crippen LogP) is 1.10. The van der Waals surface area contributed by atoms with Crippen LogP contribution in [-0.2, 0) is 6.54 Å². The number of carbonyl (C=O) groups excluding carboxylic acids is 1. The second kappa shape index (κ2) is 6.70.